The van der Waals surface area contributed by atoms with Gasteiger partial charge in [0.15, 0.2) is 0 Å². The van der Waals surface area contributed by atoms with Crippen molar-refractivity contribution < 1.29 is 24.2 Å². The lowest BCUT2D eigenvalue weighted by molar-refractivity contribution is 0.0683. The number of hydrogen-bond acceptors (Lipinski definition) is 3. The second-order valence-electron chi connectivity index (χ2n) is 4.30. The largest absolute Gasteiger partial charge is 0.478 e. The average Bonchev–Trinajstić information content (AvgIpc) is 2.84. The number of hydrogen-bond donors (Lipinski definition) is 2. The van der Waals surface area contributed by atoms with Gasteiger partial charge in [-0.15, -0.1) is 0 Å². The highest BCUT2D eigenvalue weighted by molar-refractivity contribution is 5.89. The third-order valence-electron chi connectivity index (χ3n) is 2.84. The minimum Gasteiger partial charge on any atom is -0.478 e. The standard InChI is InChI=1S/C13H13NO5/c1-7-3-9(12(15)16)5-14(7)6-11-10(13(17)18)4-8(2)19-11/h3-5H,6H2,1-2H3,(H,15,16)(H,17,18). The van der Waals surface area contributed by atoms with Gasteiger partial charge >= 0.3 is 11.9 Å². The van der Waals surface area contributed by atoms with Crippen molar-refractivity contribution in [2.75, 3.05) is 0 Å². The molecule has 0 saturated carbocycles. The molecule has 2 aromatic rings. The normalized spacial score (nSPS) is 10.6. The van der Waals surface area contributed by atoms with Gasteiger partial charge in [0.2, 0.25) is 0 Å². The van der Waals surface area contributed by atoms with Crippen molar-refractivity contribution >= 4 is 11.9 Å². The summed E-state index contributed by atoms with van der Waals surface area (Å²) in [6, 6.07) is 2.98. The van der Waals surface area contributed by atoms with Crippen LogP contribution in [0.15, 0.2) is 22.7 Å². The smallest absolute Gasteiger partial charge is 0.339 e. The first-order chi connectivity index (χ1) is 8.88. The molecule has 0 aromatic carbocycles. The van der Waals surface area contributed by atoms with Gasteiger partial charge in [-0.2, -0.15) is 0 Å². The van der Waals surface area contributed by atoms with Gasteiger partial charge in [-0.25, -0.2) is 9.59 Å². The first-order valence-corrected chi connectivity index (χ1v) is 5.61. The molecular formula is C13H13NO5. The predicted octanol–water partition coefficient (Wildman–Crippen LogP) is 2.14. The monoisotopic (exact) mass is 263 g/mol. The van der Waals surface area contributed by atoms with Crippen LogP contribution in [0.2, 0.25) is 0 Å². The molecule has 100 valence electrons. The van der Waals surface area contributed by atoms with Crippen LogP contribution >= 0.6 is 0 Å². The maximum Gasteiger partial charge on any atom is 0.339 e. The summed E-state index contributed by atoms with van der Waals surface area (Å²) in [4.78, 5) is 21.9. The van der Waals surface area contributed by atoms with E-state index in [2.05, 4.69) is 0 Å². The number of carboxylic acids is 2. The molecule has 0 atom stereocenters. The lowest BCUT2D eigenvalue weighted by Gasteiger charge is -2.04. The number of aryl methyl sites for hydroxylation is 2. The maximum atomic E-state index is 11.1. The molecule has 19 heavy (non-hydrogen) atoms. The van der Waals surface area contributed by atoms with Crippen LogP contribution in [-0.2, 0) is 6.54 Å². The lowest BCUT2D eigenvalue weighted by Crippen LogP contribution is -2.05. The molecule has 2 rings (SSSR count). The van der Waals surface area contributed by atoms with E-state index in [1.54, 1.807) is 18.4 Å². The van der Waals surface area contributed by atoms with Gasteiger partial charge in [-0.1, -0.05) is 0 Å². The molecule has 0 aliphatic heterocycles. The Balaban J connectivity index is 2.36. The van der Waals surface area contributed by atoms with Crippen LogP contribution < -0.4 is 0 Å². The van der Waals surface area contributed by atoms with E-state index in [1.165, 1.54) is 18.3 Å². The molecule has 0 saturated heterocycles. The first kappa shape index (κ1) is 12.9. The topological polar surface area (TPSA) is 92.7 Å². The zero-order valence-corrected chi connectivity index (χ0v) is 10.5. The summed E-state index contributed by atoms with van der Waals surface area (Å²) in [5.41, 5.74) is 0.989. The fourth-order valence-electron chi connectivity index (χ4n) is 1.92. The Hall–Kier alpha value is -2.50. The third kappa shape index (κ3) is 2.52. The van der Waals surface area contributed by atoms with E-state index in [0.29, 0.717) is 11.5 Å². The minimum absolute atomic E-state index is 0.0995. The maximum absolute atomic E-state index is 11.1. The van der Waals surface area contributed by atoms with E-state index in [1.807, 2.05) is 0 Å². The minimum atomic E-state index is -1.06. The summed E-state index contributed by atoms with van der Waals surface area (Å²) >= 11 is 0. The zero-order valence-electron chi connectivity index (χ0n) is 10.5. The van der Waals surface area contributed by atoms with Gasteiger partial charge in [0.1, 0.15) is 17.1 Å². The van der Waals surface area contributed by atoms with Crippen LogP contribution in [0.1, 0.15) is 37.9 Å². The van der Waals surface area contributed by atoms with Crippen LogP contribution in [0.3, 0.4) is 0 Å². The SMILES string of the molecule is Cc1cc(C(=O)O)c(Cn2cc(C(=O)O)cc2C)o1. The Morgan fingerprint density at radius 1 is 1.21 bits per heavy atom. The average molecular weight is 263 g/mol. The summed E-state index contributed by atoms with van der Waals surface area (Å²) in [6.45, 7) is 3.61. The number of carbonyl (C=O) groups is 2. The van der Waals surface area contributed by atoms with E-state index in [9.17, 15) is 9.59 Å². The summed E-state index contributed by atoms with van der Waals surface area (Å²) < 4.78 is 7.00. The van der Waals surface area contributed by atoms with Gasteiger partial charge in [-0.3, -0.25) is 0 Å². The zero-order chi connectivity index (χ0) is 14.2. The number of rotatable bonds is 4. The van der Waals surface area contributed by atoms with Gasteiger partial charge in [0, 0.05) is 11.9 Å². The Bertz CT molecular complexity index is 650. The second-order valence-corrected chi connectivity index (χ2v) is 4.30. The molecule has 0 aliphatic carbocycles. The molecule has 2 heterocycles. The molecule has 0 amide bonds. The number of aromatic nitrogens is 1. The fourth-order valence-corrected chi connectivity index (χ4v) is 1.92. The Morgan fingerprint density at radius 2 is 1.89 bits per heavy atom. The molecule has 2 N–H and O–H groups in total. The molecular weight excluding hydrogens is 250 g/mol. The Morgan fingerprint density at radius 3 is 2.42 bits per heavy atom. The van der Waals surface area contributed by atoms with E-state index >= 15 is 0 Å². The van der Waals surface area contributed by atoms with E-state index in [0.717, 1.165) is 5.69 Å². The van der Waals surface area contributed by atoms with Crippen molar-refractivity contribution in [2.45, 2.75) is 20.4 Å². The second kappa shape index (κ2) is 4.64. The lowest BCUT2D eigenvalue weighted by atomic mass is 10.2. The summed E-state index contributed by atoms with van der Waals surface area (Å²) in [5.74, 6) is -1.26. The Kier molecular flexibility index (Phi) is 3.16. The van der Waals surface area contributed by atoms with Crippen LogP contribution in [-0.4, -0.2) is 26.7 Å². The number of carboxylic acid groups (broad SMARTS) is 2. The highest BCUT2D eigenvalue weighted by atomic mass is 16.4. The van der Waals surface area contributed by atoms with E-state index in [-0.39, 0.29) is 17.7 Å². The summed E-state index contributed by atoms with van der Waals surface area (Å²) in [5, 5.41) is 18.0. The molecule has 0 aliphatic rings. The van der Waals surface area contributed by atoms with Gasteiger partial charge < -0.3 is 19.2 Å². The van der Waals surface area contributed by atoms with Gasteiger partial charge in [-0.05, 0) is 26.0 Å². The Labute approximate surface area is 108 Å². The van der Waals surface area contributed by atoms with Gasteiger partial charge in [0.05, 0.1) is 12.1 Å². The molecule has 0 bridgehead atoms. The number of nitrogens with zero attached hydrogens (tertiary/aromatic N) is 1. The highest BCUT2D eigenvalue weighted by Gasteiger charge is 2.17. The molecule has 0 radical (unpaired) electrons. The van der Waals surface area contributed by atoms with Crippen molar-refractivity contribution in [3.05, 3.63) is 46.7 Å². The molecule has 6 nitrogen and oxygen atoms in total. The highest BCUT2D eigenvalue weighted by Crippen LogP contribution is 2.18. The van der Waals surface area contributed by atoms with E-state index < -0.39 is 11.9 Å². The molecule has 2 aromatic heterocycles. The van der Waals surface area contributed by atoms with Gasteiger partial charge in [0.25, 0.3) is 0 Å². The van der Waals surface area contributed by atoms with Crippen molar-refractivity contribution in [3.63, 3.8) is 0 Å². The van der Waals surface area contributed by atoms with Crippen LogP contribution in [0.25, 0.3) is 0 Å². The predicted molar refractivity (Wildman–Crippen MR) is 65.6 cm³/mol. The van der Waals surface area contributed by atoms with Crippen LogP contribution in [0.4, 0.5) is 0 Å². The quantitative estimate of drug-likeness (QED) is 0.881. The molecule has 0 unspecified atom stereocenters. The first-order valence-electron chi connectivity index (χ1n) is 5.61. The van der Waals surface area contributed by atoms with Crippen molar-refractivity contribution in [3.8, 4) is 0 Å². The number of aromatic carboxylic acids is 2. The number of furan rings is 1. The van der Waals surface area contributed by atoms with Crippen molar-refractivity contribution in [2.24, 2.45) is 0 Å². The van der Waals surface area contributed by atoms with Crippen LogP contribution in [0.5, 0.6) is 0 Å². The molecule has 6 heteroatoms. The van der Waals surface area contributed by atoms with Crippen LogP contribution in [0, 0.1) is 13.8 Å². The summed E-state index contributed by atoms with van der Waals surface area (Å²) in [6.07, 6.45) is 1.46. The molecule has 0 spiro atoms. The summed E-state index contributed by atoms with van der Waals surface area (Å²) in [7, 11) is 0. The molecule has 0 fully saturated rings. The third-order valence-corrected chi connectivity index (χ3v) is 2.84. The van der Waals surface area contributed by atoms with E-state index in [4.69, 9.17) is 14.6 Å². The van der Waals surface area contributed by atoms with Crippen molar-refractivity contribution in [1.29, 1.82) is 0 Å². The fraction of sp³-hybridized carbons (Fsp3) is 0.231. The van der Waals surface area contributed by atoms with Crippen molar-refractivity contribution in [1.82, 2.24) is 4.57 Å².